The van der Waals surface area contributed by atoms with Crippen molar-refractivity contribution in [3.8, 4) is 11.8 Å². The zero-order valence-electron chi connectivity index (χ0n) is 16.9. The first-order chi connectivity index (χ1) is 15.0. The van der Waals surface area contributed by atoms with Gasteiger partial charge in [0.05, 0.1) is 12.3 Å². The zero-order chi connectivity index (χ0) is 22.2. The normalized spacial score (nSPS) is 11.0. The van der Waals surface area contributed by atoms with Crippen molar-refractivity contribution in [3.05, 3.63) is 99.8 Å². The number of ether oxygens (including phenoxy) is 1. The molecule has 31 heavy (non-hydrogen) atoms. The highest BCUT2D eigenvalue weighted by Gasteiger charge is 2.13. The molecule has 1 amide bonds. The third kappa shape index (κ3) is 5.71. The minimum atomic E-state index is -0.689. The van der Waals surface area contributed by atoms with Crippen LogP contribution in [0.5, 0.6) is 5.75 Å². The van der Waals surface area contributed by atoms with Crippen LogP contribution in [0.2, 0.25) is 5.02 Å². The molecule has 3 aromatic carbocycles. The molecule has 0 atom stereocenters. The molecule has 0 aromatic heterocycles. The van der Waals surface area contributed by atoms with Gasteiger partial charge in [0.25, 0.3) is 5.91 Å². The smallest absolute Gasteiger partial charge is 0.266 e. The van der Waals surface area contributed by atoms with Crippen molar-refractivity contribution < 1.29 is 13.9 Å². The van der Waals surface area contributed by atoms with Crippen molar-refractivity contribution in [1.82, 2.24) is 0 Å². The van der Waals surface area contributed by atoms with Crippen LogP contribution in [0.1, 0.15) is 23.6 Å². The Morgan fingerprint density at radius 2 is 1.87 bits per heavy atom. The summed E-state index contributed by atoms with van der Waals surface area (Å²) in [5, 5.41) is 12.5. The van der Waals surface area contributed by atoms with E-state index in [0.29, 0.717) is 29.4 Å². The molecule has 156 valence electrons. The van der Waals surface area contributed by atoms with Crippen LogP contribution in [0.25, 0.3) is 6.08 Å². The van der Waals surface area contributed by atoms with Crippen molar-refractivity contribution in [2.45, 2.75) is 13.3 Å². The van der Waals surface area contributed by atoms with Crippen LogP contribution in [-0.2, 0) is 11.2 Å². The Labute approximate surface area is 185 Å². The second-order valence-corrected chi connectivity index (χ2v) is 7.08. The summed E-state index contributed by atoms with van der Waals surface area (Å²) in [6, 6.07) is 20.7. The number of hydrogen-bond acceptors (Lipinski definition) is 3. The molecule has 0 spiro atoms. The largest absolute Gasteiger partial charge is 0.494 e. The molecule has 0 aliphatic heterocycles. The fourth-order valence-electron chi connectivity index (χ4n) is 3.01. The number of rotatable bonds is 7. The third-order valence-electron chi connectivity index (χ3n) is 4.53. The molecule has 0 aliphatic rings. The maximum Gasteiger partial charge on any atom is 0.266 e. The fraction of sp³-hybridized carbons (Fsp3) is 0.120. The molecule has 4 nitrogen and oxygen atoms in total. The minimum absolute atomic E-state index is 0.0127. The number of halogens is 2. The number of para-hydroxylation sites is 1. The molecule has 0 aliphatic carbocycles. The highest BCUT2D eigenvalue weighted by Crippen LogP contribution is 2.27. The van der Waals surface area contributed by atoms with E-state index in [1.807, 2.05) is 43.3 Å². The van der Waals surface area contributed by atoms with E-state index in [4.69, 9.17) is 16.3 Å². The average Bonchev–Trinajstić information content (AvgIpc) is 2.77. The summed E-state index contributed by atoms with van der Waals surface area (Å²) in [5.41, 5.74) is 2.38. The second kappa shape index (κ2) is 10.4. The molecule has 0 saturated heterocycles. The highest BCUT2D eigenvalue weighted by atomic mass is 35.5. The van der Waals surface area contributed by atoms with Crippen molar-refractivity contribution in [1.29, 1.82) is 5.26 Å². The molecule has 1 N–H and O–H groups in total. The SMILES string of the molecule is CCOc1cc(/C=C(\C#N)C(=O)Nc2ccccc2F)ccc1Cc1ccccc1Cl. The van der Waals surface area contributed by atoms with Gasteiger partial charge in [-0.3, -0.25) is 4.79 Å². The van der Waals surface area contributed by atoms with E-state index in [2.05, 4.69) is 5.32 Å². The van der Waals surface area contributed by atoms with Crippen molar-refractivity contribution in [3.63, 3.8) is 0 Å². The first kappa shape index (κ1) is 22.1. The molecule has 0 unspecified atom stereocenters. The number of anilines is 1. The summed E-state index contributed by atoms with van der Waals surface area (Å²) in [5.74, 6) is -0.621. The summed E-state index contributed by atoms with van der Waals surface area (Å²) >= 11 is 6.28. The number of nitriles is 1. The topological polar surface area (TPSA) is 62.1 Å². The maximum absolute atomic E-state index is 13.8. The third-order valence-corrected chi connectivity index (χ3v) is 4.90. The van der Waals surface area contributed by atoms with Crippen molar-refractivity contribution >= 4 is 29.3 Å². The Morgan fingerprint density at radius 1 is 1.13 bits per heavy atom. The monoisotopic (exact) mass is 434 g/mol. The van der Waals surface area contributed by atoms with Crippen LogP contribution in [0, 0.1) is 17.1 Å². The summed E-state index contributed by atoms with van der Waals surface area (Å²) in [7, 11) is 0. The number of carbonyl (C=O) groups is 1. The van der Waals surface area contributed by atoms with Gasteiger partial charge in [-0.05, 0) is 54.0 Å². The zero-order valence-corrected chi connectivity index (χ0v) is 17.6. The molecule has 3 rings (SSSR count). The van der Waals surface area contributed by atoms with Gasteiger partial charge in [0, 0.05) is 11.4 Å². The Morgan fingerprint density at radius 3 is 2.58 bits per heavy atom. The standard InChI is InChI=1S/C25H20ClFN2O2/c1-2-31-24-14-17(11-12-19(24)15-18-7-3-4-8-21(18)26)13-20(16-28)25(30)29-23-10-6-5-9-22(23)27/h3-14H,2,15H2,1H3,(H,29,30)/b20-13+. The summed E-state index contributed by atoms with van der Waals surface area (Å²) in [4.78, 5) is 12.4. The molecule has 0 heterocycles. The van der Waals surface area contributed by atoms with Crippen LogP contribution in [0.3, 0.4) is 0 Å². The summed E-state index contributed by atoms with van der Waals surface area (Å²) < 4.78 is 19.6. The van der Waals surface area contributed by atoms with Gasteiger partial charge in [0.15, 0.2) is 0 Å². The lowest BCUT2D eigenvalue weighted by Crippen LogP contribution is -2.14. The van der Waals surface area contributed by atoms with Crippen LogP contribution >= 0.6 is 11.6 Å². The number of nitrogens with zero attached hydrogens (tertiary/aromatic N) is 1. The molecular formula is C25H20ClFN2O2. The van der Waals surface area contributed by atoms with Gasteiger partial charge in [-0.1, -0.05) is 54.1 Å². The van der Waals surface area contributed by atoms with Gasteiger partial charge in [-0.25, -0.2) is 4.39 Å². The molecule has 0 fully saturated rings. The molecular weight excluding hydrogens is 415 g/mol. The van der Waals surface area contributed by atoms with Gasteiger partial charge in [-0.15, -0.1) is 0 Å². The molecule has 0 saturated carbocycles. The molecule has 0 bridgehead atoms. The lowest BCUT2D eigenvalue weighted by Gasteiger charge is -2.12. The van der Waals surface area contributed by atoms with Gasteiger partial charge in [-0.2, -0.15) is 5.26 Å². The molecule has 3 aromatic rings. The van der Waals surface area contributed by atoms with E-state index in [1.165, 1.54) is 24.3 Å². The second-order valence-electron chi connectivity index (χ2n) is 6.67. The van der Waals surface area contributed by atoms with E-state index in [1.54, 1.807) is 18.2 Å². The lowest BCUT2D eigenvalue weighted by molar-refractivity contribution is -0.112. The van der Waals surface area contributed by atoms with Gasteiger partial charge < -0.3 is 10.1 Å². The van der Waals surface area contributed by atoms with Crippen LogP contribution in [0.15, 0.2) is 72.3 Å². The predicted molar refractivity (Wildman–Crippen MR) is 120 cm³/mol. The Balaban J connectivity index is 1.87. The van der Waals surface area contributed by atoms with Crippen molar-refractivity contribution in [2.24, 2.45) is 0 Å². The van der Waals surface area contributed by atoms with E-state index in [-0.39, 0.29) is 11.3 Å². The van der Waals surface area contributed by atoms with Gasteiger partial charge in [0.2, 0.25) is 0 Å². The number of hydrogen-bond donors (Lipinski definition) is 1. The average molecular weight is 435 g/mol. The van der Waals surface area contributed by atoms with E-state index in [0.717, 1.165) is 11.1 Å². The maximum atomic E-state index is 13.8. The number of benzene rings is 3. The van der Waals surface area contributed by atoms with Crippen LogP contribution in [-0.4, -0.2) is 12.5 Å². The summed E-state index contributed by atoms with van der Waals surface area (Å²) in [6.45, 7) is 2.34. The van der Waals surface area contributed by atoms with E-state index < -0.39 is 11.7 Å². The Bertz CT molecular complexity index is 1170. The highest BCUT2D eigenvalue weighted by molar-refractivity contribution is 6.31. The number of carbonyl (C=O) groups excluding carboxylic acids is 1. The van der Waals surface area contributed by atoms with Crippen LogP contribution < -0.4 is 10.1 Å². The first-order valence-corrected chi connectivity index (χ1v) is 10.1. The Kier molecular flexibility index (Phi) is 7.42. The quantitative estimate of drug-likeness (QED) is 0.365. The van der Waals surface area contributed by atoms with Crippen molar-refractivity contribution in [2.75, 3.05) is 11.9 Å². The first-order valence-electron chi connectivity index (χ1n) is 9.68. The van der Waals surface area contributed by atoms with E-state index in [9.17, 15) is 14.4 Å². The predicted octanol–water partition coefficient (Wildman–Crippen LogP) is 6.01. The van der Waals surface area contributed by atoms with Crippen LogP contribution in [0.4, 0.5) is 10.1 Å². The van der Waals surface area contributed by atoms with E-state index >= 15 is 0 Å². The number of nitrogens with one attached hydrogen (secondary N) is 1. The minimum Gasteiger partial charge on any atom is -0.494 e. The lowest BCUT2D eigenvalue weighted by atomic mass is 10.0. The molecule has 0 radical (unpaired) electrons. The van der Waals surface area contributed by atoms with Gasteiger partial charge in [0.1, 0.15) is 23.2 Å². The fourth-order valence-corrected chi connectivity index (χ4v) is 3.21. The Hall–Kier alpha value is -3.62. The van der Waals surface area contributed by atoms with Gasteiger partial charge >= 0.3 is 0 Å². The molecule has 6 heteroatoms. The number of amides is 1. The summed E-state index contributed by atoms with van der Waals surface area (Å²) in [6.07, 6.45) is 2.02.